The minimum absolute atomic E-state index is 0.0438. The van der Waals surface area contributed by atoms with Crippen molar-refractivity contribution < 1.29 is 19.1 Å². The molecular formula is C18H14FN3O3. The van der Waals surface area contributed by atoms with Gasteiger partial charge in [-0.15, -0.1) is 0 Å². The van der Waals surface area contributed by atoms with E-state index in [0.29, 0.717) is 11.4 Å². The molecule has 0 spiro atoms. The summed E-state index contributed by atoms with van der Waals surface area (Å²) in [5, 5.41) is 15.5. The second-order valence-corrected chi connectivity index (χ2v) is 5.44. The number of hydrogen-bond acceptors (Lipinski definition) is 3. The Morgan fingerprint density at radius 1 is 1.16 bits per heavy atom. The van der Waals surface area contributed by atoms with Crippen LogP contribution in [0.5, 0.6) is 0 Å². The van der Waals surface area contributed by atoms with Crippen molar-refractivity contribution in [1.29, 1.82) is 0 Å². The van der Waals surface area contributed by atoms with Crippen molar-refractivity contribution in [3.05, 3.63) is 77.4 Å². The molecule has 1 aromatic heterocycles. The van der Waals surface area contributed by atoms with Crippen LogP contribution in [0.4, 0.5) is 10.1 Å². The van der Waals surface area contributed by atoms with Gasteiger partial charge in [-0.3, -0.25) is 4.79 Å². The predicted molar refractivity (Wildman–Crippen MR) is 89.6 cm³/mol. The lowest BCUT2D eigenvalue weighted by atomic mass is 10.1. The van der Waals surface area contributed by atoms with Crippen LogP contribution in [0.1, 0.15) is 26.4 Å². The van der Waals surface area contributed by atoms with Crippen molar-refractivity contribution in [3.8, 4) is 5.69 Å². The Morgan fingerprint density at radius 3 is 2.68 bits per heavy atom. The highest BCUT2D eigenvalue weighted by Crippen LogP contribution is 2.17. The van der Waals surface area contributed by atoms with Gasteiger partial charge in [-0.25, -0.2) is 13.9 Å². The highest BCUT2D eigenvalue weighted by molar-refractivity contribution is 6.04. The Hall–Kier alpha value is -3.48. The summed E-state index contributed by atoms with van der Waals surface area (Å²) in [4.78, 5) is 23.2. The number of anilines is 1. The first kappa shape index (κ1) is 16.4. The molecule has 0 unspecified atom stereocenters. The normalized spacial score (nSPS) is 10.5. The molecule has 0 atom stereocenters. The van der Waals surface area contributed by atoms with E-state index in [1.54, 1.807) is 37.3 Å². The molecule has 0 aliphatic carbocycles. The van der Waals surface area contributed by atoms with E-state index < -0.39 is 17.7 Å². The molecule has 25 heavy (non-hydrogen) atoms. The maximum Gasteiger partial charge on any atom is 0.356 e. The van der Waals surface area contributed by atoms with Gasteiger partial charge in [-0.2, -0.15) is 5.10 Å². The zero-order valence-electron chi connectivity index (χ0n) is 13.2. The molecular weight excluding hydrogens is 325 g/mol. The molecule has 0 fully saturated rings. The number of carboxylic acid groups (broad SMARTS) is 1. The number of carboxylic acids is 1. The number of carbonyl (C=O) groups excluding carboxylic acids is 1. The molecule has 3 rings (SSSR count). The number of aromatic carboxylic acids is 1. The van der Waals surface area contributed by atoms with Crippen molar-refractivity contribution in [3.63, 3.8) is 0 Å². The third-order valence-electron chi connectivity index (χ3n) is 3.54. The first-order valence-corrected chi connectivity index (χ1v) is 7.41. The fourth-order valence-corrected chi connectivity index (χ4v) is 2.32. The lowest BCUT2D eigenvalue weighted by Crippen LogP contribution is -2.14. The number of carbonyl (C=O) groups is 2. The number of nitrogens with one attached hydrogen (secondary N) is 1. The molecule has 0 radical (unpaired) electrons. The number of aryl methyl sites for hydroxylation is 1. The van der Waals surface area contributed by atoms with Crippen LogP contribution in [0.15, 0.2) is 54.7 Å². The lowest BCUT2D eigenvalue weighted by Gasteiger charge is -2.09. The highest BCUT2D eigenvalue weighted by Gasteiger charge is 2.13. The number of benzene rings is 2. The SMILES string of the molecule is Cc1ccc(F)c(C(=O)Nc2cccc(-n3ccc(C(=O)O)n3)c2)c1. The summed E-state index contributed by atoms with van der Waals surface area (Å²) in [7, 11) is 0. The third kappa shape index (κ3) is 3.55. The summed E-state index contributed by atoms with van der Waals surface area (Å²) in [5.74, 6) is -2.29. The Balaban J connectivity index is 1.85. The van der Waals surface area contributed by atoms with E-state index in [2.05, 4.69) is 10.4 Å². The van der Waals surface area contributed by atoms with E-state index in [9.17, 15) is 14.0 Å². The van der Waals surface area contributed by atoms with Crippen LogP contribution < -0.4 is 5.32 Å². The summed E-state index contributed by atoms with van der Waals surface area (Å²) in [5.41, 5.74) is 1.65. The van der Waals surface area contributed by atoms with E-state index >= 15 is 0 Å². The summed E-state index contributed by atoms with van der Waals surface area (Å²) >= 11 is 0. The number of halogens is 1. The second-order valence-electron chi connectivity index (χ2n) is 5.44. The van der Waals surface area contributed by atoms with E-state index in [0.717, 1.165) is 5.56 Å². The maximum absolute atomic E-state index is 13.8. The molecule has 2 aromatic carbocycles. The molecule has 0 bridgehead atoms. The molecule has 0 saturated heterocycles. The van der Waals surface area contributed by atoms with E-state index in [1.807, 2.05) is 0 Å². The molecule has 6 nitrogen and oxygen atoms in total. The van der Waals surface area contributed by atoms with Crippen molar-refractivity contribution in [2.24, 2.45) is 0 Å². The zero-order chi connectivity index (χ0) is 18.0. The molecule has 3 aromatic rings. The maximum atomic E-state index is 13.8. The number of nitrogens with zero attached hydrogens (tertiary/aromatic N) is 2. The van der Waals surface area contributed by atoms with Crippen molar-refractivity contribution >= 4 is 17.6 Å². The Labute approximate surface area is 142 Å². The number of hydrogen-bond donors (Lipinski definition) is 2. The van der Waals surface area contributed by atoms with Crippen LogP contribution in [0.2, 0.25) is 0 Å². The molecule has 2 N–H and O–H groups in total. The Kier molecular flexibility index (Phi) is 4.30. The van der Waals surface area contributed by atoms with Gasteiger partial charge >= 0.3 is 5.97 Å². The van der Waals surface area contributed by atoms with Gasteiger partial charge < -0.3 is 10.4 Å². The Bertz CT molecular complexity index is 966. The molecule has 1 heterocycles. The highest BCUT2D eigenvalue weighted by atomic mass is 19.1. The van der Waals surface area contributed by atoms with Crippen LogP contribution in [0.3, 0.4) is 0 Å². The first-order chi connectivity index (χ1) is 11.9. The van der Waals surface area contributed by atoms with Crippen LogP contribution in [0, 0.1) is 12.7 Å². The molecule has 0 saturated carbocycles. The first-order valence-electron chi connectivity index (χ1n) is 7.41. The molecule has 1 amide bonds. The smallest absolute Gasteiger partial charge is 0.356 e. The fourth-order valence-electron chi connectivity index (χ4n) is 2.32. The minimum Gasteiger partial charge on any atom is -0.476 e. The average Bonchev–Trinajstić information content (AvgIpc) is 3.07. The predicted octanol–water partition coefficient (Wildman–Crippen LogP) is 3.27. The topological polar surface area (TPSA) is 84.2 Å². The summed E-state index contributed by atoms with van der Waals surface area (Å²) in [6.07, 6.45) is 1.50. The van der Waals surface area contributed by atoms with Gasteiger partial charge in [0.25, 0.3) is 5.91 Å². The van der Waals surface area contributed by atoms with E-state index in [-0.39, 0.29) is 11.3 Å². The average molecular weight is 339 g/mol. The van der Waals surface area contributed by atoms with E-state index in [4.69, 9.17) is 5.11 Å². The van der Waals surface area contributed by atoms with Gasteiger partial charge in [-0.05, 0) is 43.3 Å². The number of amides is 1. The van der Waals surface area contributed by atoms with Gasteiger partial charge in [0.2, 0.25) is 0 Å². The summed E-state index contributed by atoms with van der Waals surface area (Å²) in [6, 6.07) is 12.3. The Morgan fingerprint density at radius 2 is 1.96 bits per heavy atom. The fraction of sp³-hybridized carbons (Fsp3) is 0.0556. The zero-order valence-corrected chi connectivity index (χ0v) is 13.2. The van der Waals surface area contributed by atoms with Crippen LogP contribution in [-0.4, -0.2) is 26.8 Å². The van der Waals surface area contributed by atoms with Gasteiger partial charge in [0.05, 0.1) is 11.3 Å². The third-order valence-corrected chi connectivity index (χ3v) is 3.54. The molecule has 7 heteroatoms. The largest absolute Gasteiger partial charge is 0.476 e. The van der Waals surface area contributed by atoms with Crippen molar-refractivity contribution in [2.75, 3.05) is 5.32 Å². The number of aromatic nitrogens is 2. The summed E-state index contributed by atoms with van der Waals surface area (Å²) in [6.45, 7) is 1.77. The van der Waals surface area contributed by atoms with E-state index in [1.165, 1.54) is 29.1 Å². The van der Waals surface area contributed by atoms with Crippen LogP contribution in [0.25, 0.3) is 5.69 Å². The van der Waals surface area contributed by atoms with Gasteiger partial charge in [0.15, 0.2) is 5.69 Å². The second kappa shape index (κ2) is 6.56. The molecule has 0 aliphatic rings. The van der Waals surface area contributed by atoms with Crippen molar-refractivity contribution in [1.82, 2.24) is 9.78 Å². The van der Waals surface area contributed by atoms with Crippen molar-refractivity contribution in [2.45, 2.75) is 6.92 Å². The van der Waals surface area contributed by atoms with Gasteiger partial charge in [0.1, 0.15) is 5.82 Å². The van der Waals surface area contributed by atoms with Gasteiger partial charge in [-0.1, -0.05) is 17.7 Å². The van der Waals surface area contributed by atoms with Crippen LogP contribution in [-0.2, 0) is 0 Å². The standard InChI is InChI=1S/C18H14FN3O3/c1-11-5-6-15(19)14(9-11)17(23)20-12-3-2-4-13(10-12)22-8-7-16(21-22)18(24)25/h2-10H,1H3,(H,20,23)(H,24,25). The quantitative estimate of drug-likeness (QED) is 0.764. The monoisotopic (exact) mass is 339 g/mol. The summed E-state index contributed by atoms with van der Waals surface area (Å²) < 4.78 is 15.2. The lowest BCUT2D eigenvalue weighted by molar-refractivity contribution is 0.0689. The number of rotatable bonds is 4. The van der Waals surface area contributed by atoms with Crippen LogP contribution >= 0.6 is 0 Å². The molecule has 0 aliphatic heterocycles. The van der Waals surface area contributed by atoms with Gasteiger partial charge in [0, 0.05) is 11.9 Å². The molecule has 126 valence electrons. The minimum atomic E-state index is -1.13.